The SMILES string of the molecule is NC(c1ccsn1)C1(O)CC2CCC(C1)S2(=O)=O. The topological polar surface area (TPSA) is 93.3 Å². The Bertz CT molecular complexity index is 521. The van der Waals surface area contributed by atoms with Crippen LogP contribution in [0.15, 0.2) is 11.4 Å². The van der Waals surface area contributed by atoms with E-state index >= 15 is 0 Å². The molecule has 2 aliphatic heterocycles. The maximum absolute atomic E-state index is 12.0. The lowest BCUT2D eigenvalue weighted by atomic mass is 9.84. The van der Waals surface area contributed by atoms with E-state index in [1.807, 2.05) is 5.38 Å². The van der Waals surface area contributed by atoms with Gasteiger partial charge in [-0.15, -0.1) is 0 Å². The number of aromatic nitrogens is 1. The molecule has 1 aromatic rings. The molecule has 0 radical (unpaired) electrons. The molecule has 5 nitrogen and oxygen atoms in total. The summed E-state index contributed by atoms with van der Waals surface area (Å²) in [7, 11) is -3.04. The molecule has 2 bridgehead atoms. The van der Waals surface area contributed by atoms with Crippen LogP contribution in [0, 0.1) is 0 Å². The maximum Gasteiger partial charge on any atom is 0.156 e. The number of nitrogens with zero attached hydrogens (tertiary/aromatic N) is 1. The molecule has 0 aliphatic carbocycles. The predicted octanol–water partition coefficient (Wildman–Crippen LogP) is 0.614. The molecule has 18 heavy (non-hydrogen) atoms. The minimum absolute atomic E-state index is 0.241. The smallest absolute Gasteiger partial charge is 0.156 e. The van der Waals surface area contributed by atoms with Gasteiger partial charge in [-0.2, -0.15) is 4.37 Å². The Labute approximate surface area is 110 Å². The van der Waals surface area contributed by atoms with Gasteiger partial charge in [-0.25, -0.2) is 8.42 Å². The number of rotatable bonds is 2. The Balaban J connectivity index is 1.90. The lowest BCUT2D eigenvalue weighted by molar-refractivity contribution is -0.00509. The quantitative estimate of drug-likeness (QED) is 0.832. The number of hydrogen-bond donors (Lipinski definition) is 2. The molecule has 2 aliphatic rings. The first kappa shape index (κ1) is 12.5. The van der Waals surface area contributed by atoms with Gasteiger partial charge >= 0.3 is 0 Å². The lowest BCUT2D eigenvalue weighted by Gasteiger charge is -2.39. The van der Waals surface area contributed by atoms with E-state index in [9.17, 15) is 13.5 Å². The average molecular weight is 288 g/mol. The number of sulfone groups is 1. The first-order chi connectivity index (χ1) is 8.43. The van der Waals surface area contributed by atoms with E-state index in [1.54, 1.807) is 6.07 Å². The van der Waals surface area contributed by atoms with Crippen LogP contribution in [0.3, 0.4) is 0 Å². The van der Waals surface area contributed by atoms with Crippen molar-refractivity contribution < 1.29 is 13.5 Å². The normalized spacial score (nSPS) is 39.7. The van der Waals surface area contributed by atoms with Gasteiger partial charge < -0.3 is 10.8 Å². The molecule has 3 heterocycles. The number of aliphatic hydroxyl groups is 1. The number of fused-ring (bicyclic) bond motifs is 2. The van der Waals surface area contributed by atoms with Crippen LogP contribution in [-0.2, 0) is 9.84 Å². The van der Waals surface area contributed by atoms with Crippen LogP contribution in [0.1, 0.15) is 37.4 Å². The fourth-order valence-electron chi connectivity index (χ4n) is 3.19. The molecule has 0 spiro atoms. The van der Waals surface area contributed by atoms with Crippen LogP contribution in [0.25, 0.3) is 0 Å². The Kier molecular flexibility index (Phi) is 2.78. The summed E-state index contributed by atoms with van der Waals surface area (Å²) < 4.78 is 28.2. The third-order valence-electron chi connectivity index (χ3n) is 4.26. The van der Waals surface area contributed by atoms with Crippen molar-refractivity contribution in [2.24, 2.45) is 5.73 Å². The van der Waals surface area contributed by atoms with Gasteiger partial charge in [0, 0.05) is 5.38 Å². The molecule has 7 heteroatoms. The molecule has 2 saturated heterocycles. The van der Waals surface area contributed by atoms with E-state index in [2.05, 4.69) is 4.37 Å². The van der Waals surface area contributed by atoms with Gasteiger partial charge in [0.25, 0.3) is 0 Å². The molecular formula is C11H16N2O3S2. The summed E-state index contributed by atoms with van der Waals surface area (Å²) in [5, 5.41) is 11.7. The van der Waals surface area contributed by atoms with Crippen LogP contribution in [0.2, 0.25) is 0 Å². The van der Waals surface area contributed by atoms with Crippen LogP contribution < -0.4 is 5.73 Å². The molecule has 3 N–H and O–H groups in total. The summed E-state index contributed by atoms with van der Waals surface area (Å²) in [4.78, 5) is 0. The summed E-state index contributed by atoms with van der Waals surface area (Å²) >= 11 is 1.29. The van der Waals surface area contributed by atoms with Gasteiger partial charge in [-0.1, -0.05) is 0 Å². The molecular weight excluding hydrogens is 272 g/mol. The number of hydrogen-bond acceptors (Lipinski definition) is 6. The molecule has 3 atom stereocenters. The first-order valence-electron chi connectivity index (χ1n) is 6.04. The van der Waals surface area contributed by atoms with Crippen LogP contribution in [-0.4, -0.2) is 34.0 Å². The third kappa shape index (κ3) is 1.72. The van der Waals surface area contributed by atoms with Gasteiger partial charge in [0.05, 0.1) is 27.8 Å². The van der Waals surface area contributed by atoms with Crippen molar-refractivity contribution in [3.05, 3.63) is 17.1 Å². The van der Waals surface area contributed by atoms with Crippen molar-refractivity contribution in [3.63, 3.8) is 0 Å². The van der Waals surface area contributed by atoms with Crippen molar-refractivity contribution in [1.29, 1.82) is 0 Å². The minimum Gasteiger partial charge on any atom is -0.388 e. The molecule has 0 aromatic carbocycles. The molecule has 1 aromatic heterocycles. The second kappa shape index (κ2) is 4.00. The maximum atomic E-state index is 12.0. The standard InChI is InChI=1S/C11H16N2O3S2/c12-10(9-3-4-17-13-9)11(14)5-7-1-2-8(6-11)18(7,15)16/h3-4,7-8,10,14H,1-2,5-6,12H2. The van der Waals surface area contributed by atoms with Crippen molar-refractivity contribution in [2.45, 2.75) is 47.8 Å². The highest BCUT2D eigenvalue weighted by Crippen LogP contribution is 2.46. The molecule has 3 unspecified atom stereocenters. The van der Waals surface area contributed by atoms with E-state index in [0.717, 1.165) is 0 Å². The summed E-state index contributed by atoms with van der Waals surface area (Å²) in [6.07, 6.45) is 1.78. The largest absolute Gasteiger partial charge is 0.388 e. The summed E-state index contributed by atoms with van der Waals surface area (Å²) in [5.74, 6) is 0. The zero-order chi connectivity index (χ0) is 13.0. The second-order valence-electron chi connectivity index (χ2n) is 5.32. The van der Waals surface area contributed by atoms with E-state index in [-0.39, 0.29) is 12.8 Å². The van der Waals surface area contributed by atoms with E-state index in [0.29, 0.717) is 18.5 Å². The Morgan fingerprint density at radius 2 is 2.06 bits per heavy atom. The van der Waals surface area contributed by atoms with E-state index < -0.39 is 32.0 Å². The summed E-state index contributed by atoms with van der Waals surface area (Å²) in [6, 6.07) is 1.19. The van der Waals surface area contributed by atoms with Crippen molar-refractivity contribution in [1.82, 2.24) is 4.37 Å². The molecule has 100 valence electrons. The van der Waals surface area contributed by atoms with Crippen molar-refractivity contribution in [2.75, 3.05) is 0 Å². The zero-order valence-electron chi connectivity index (χ0n) is 9.82. The van der Waals surface area contributed by atoms with Crippen molar-refractivity contribution in [3.8, 4) is 0 Å². The molecule has 3 rings (SSSR count). The monoisotopic (exact) mass is 288 g/mol. The number of nitrogens with two attached hydrogens (primary N) is 1. The molecule has 0 amide bonds. The Morgan fingerprint density at radius 3 is 2.56 bits per heavy atom. The predicted molar refractivity (Wildman–Crippen MR) is 69.0 cm³/mol. The van der Waals surface area contributed by atoms with Crippen LogP contribution in [0.4, 0.5) is 0 Å². The molecule has 0 saturated carbocycles. The molecule has 2 fully saturated rings. The van der Waals surface area contributed by atoms with Crippen LogP contribution >= 0.6 is 11.5 Å². The third-order valence-corrected chi connectivity index (χ3v) is 7.49. The average Bonchev–Trinajstić information content (AvgIpc) is 2.86. The summed E-state index contributed by atoms with van der Waals surface area (Å²) in [6.45, 7) is 0. The fraction of sp³-hybridized carbons (Fsp3) is 0.727. The first-order valence-corrected chi connectivity index (χ1v) is 8.49. The minimum atomic E-state index is -3.04. The van der Waals surface area contributed by atoms with Crippen molar-refractivity contribution >= 4 is 21.4 Å². The lowest BCUT2D eigenvalue weighted by Crippen LogP contribution is -2.51. The summed E-state index contributed by atoms with van der Waals surface area (Å²) in [5.41, 5.74) is 5.61. The van der Waals surface area contributed by atoms with Gasteiger partial charge in [0.1, 0.15) is 0 Å². The zero-order valence-corrected chi connectivity index (χ0v) is 11.5. The van der Waals surface area contributed by atoms with E-state index in [4.69, 9.17) is 5.73 Å². The second-order valence-corrected chi connectivity index (χ2v) is 8.50. The van der Waals surface area contributed by atoms with Gasteiger partial charge in [-0.3, -0.25) is 0 Å². The highest BCUT2D eigenvalue weighted by atomic mass is 32.2. The highest BCUT2D eigenvalue weighted by Gasteiger charge is 2.55. The van der Waals surface area contributed by atoms with Gasteiger partial charge in [-0.05, 0) is 43.3 Å². The van der Waals surface area contributed by atoms with Crippen LogP contribution in [0.5, 0.6) is 0 Å². The highest BCUT2D eigenvalue weighted by molar-refractivity contribution is 7.93. The van der Waals surface area contributed by atoms with Gasteiger partial charge in [0.2, 0.25) is 0 Å². The Morgan fingerprint density at radius 1 is 1.44 bits per heavy atom. The Hall–Kier alpha value is -0.500. The van der Waals surface area contributed by atoms with Gasteiger partial charge in [0.15, 0.2) is 9.84 Å². The fourth-order valence-corrected chi connectivity index (χ4v) is 6.26. The van der Waals surface area contributed by atoms with E-state index in [1.165, 1.54) is 11.5 Å².